The van der Waals surface area contributed by atoms with Crippen molar-refractivity contribution in [2.75, 3.05) is 7.11 Å². The van der Waals surface area contributed by atoms with Gasteiger partial charge in [0.15, 0.2) is 11.4 Å². The molecule has 0 saturated carbocycles. The molecule has 9 heteroatoms. The summed E-state index contributed by atoms with van der Waals surface area (Å²) < 4.78 is 57.2. The number of carbonyl (C=O) groups is 1. The van der Waals surface area contributed by atoms with Gasteiger partial charge in [-0.2, -0.15) is 0 Å². The van der Waals surface area contributed by atoms with Gasteiger partial charge in [0, 0.05) is 0 Å². The molecule has 1 rings (SSSR count). The van der Waals surface area contributed by atoms with Crippen molar-refractivity contribution in [3.8, 4) is 11.5 Å². The molecule has 1 N–H and O–H groups in total. The largest absolute Gasteiger partial charge is 0.573 e. The van der Waals surface area contributed by atoms with Gasteiger partial charge in [0.25, 0.3) is 0 Å². The number of hydrogen-bond acceptors (Lipinski definition) is 4. The first-order chi connectivity index (χ1) is 8.30. The van der Waals surface area contributed by atoms with Crippen LogP contribution in [0.15, 0.2) is 6.20 Å². The van der Waals surface area contributed by atoms with Gasteiger partial charge in [-0.3, -0.25) is 0 Å². The maximum atomic E-state index is 12.7. The second kappa shape index (κ2) is 5.07. The van der Waals surface area contributed by atoms with Crippen molar-refractivity contribution < 1.29 is 36.9 Å². The van der Waals surface area contributed by atoms with Gasteiger partial charge in [0.2, 0.25) is 0 Å². The zero-order valence-corrected chi connectivity index (χ0v) is 8.92. The SMILES string of the molecule is COc1cnc(C(=O)O)c(OC(F)(F)F)c1CF. The monoisotopic (exact) mass is 269 g/mol. The van der Waals surface area contributed by atoms with E-state index in [4.69, 9.17) is 5.11 Å². The molecule has 5 nitrogen and oxygen atoms in total. The maximum Gasteiger partial charge on any atom is 0.573 e. The first kappa shape index (κ1) is 14.0. The highest BCUT2D eigenvalue weighted by Gasteiger charge is 2.36. The molecule has 0 amide bonds. The van der Waals surface area contributed by atoms with E-state index in [0.717, 1.165) is 13.3 Å². The number of alkyl halides is 4. The minimum atomic E-state index is -5.16. The van der Waals surface area contributed by atoms with Crippen molar-refractivity contribution in [3.63, 3.8) is 0 Å². The zero-order valence-electron chi connectivity index (χ0n) is 8.92. The minimum Gasteiger partial charge on any atom is -0.495 e. The summed E-state index contributed by atoms with van der Waals surface area (Å²) in [7, 11) is 1.08. The third-order valence-electron chi connectivity index (χ3n) is 1.87. The molecule has 0 aliphatic rings. The Morgan fingerprint density at radius 1 is 1.50 bits per heavy atom. The van der Waals surface area contributed by atoms with E-state index in [9.17, 15) is 22.4 Å². The second-order valence-electron chi connectivity index (χ2n) is 2.97. The summed E-state index contributed by atoms with van der Waals surface area (Å²) in [6, 6.07) is 0. The standard InChI is InChI=1S/C9H7F4NO4/c1-17-5-3-14-6(8(15)16)7(4(5)2-10)18-9(11,12)13/h3H,2H2,1H3,(H,15,16). The van der Waals surface area contributed by atoms with Crippen LogP contribution in [0.25, 0.3) is 0 Å². The summed E-state index contributed by atoms with van der Waals surface area (Å²) >= 11 is 0. The zero-order chi connectivity index (χ0) is 13.9. The summed E-state index contributed by atoms with van der Waals surface area (Å²) in [5.41, 5.74) is -1.71. The van der Waals surface area contributed by atoms with Crippen molar-refractivity contribution in [3.05, 3.63) is 17.5 Å². The fourth-order valence-corrected chi connectivity index (χ4v) is 1.19. The van der Waals surface area contributed by atoms with Crippen LogP contribution in [0.5, 0.6) is 11.5 Å². The lowest BCUT2D eigenvalue weighted by Gasteiger charge is -2.15. The Kier molecular flexibility index (Phi) is 3.94. The lowest BCUT2D eigenvalue weighted by Crippen LogP contribution is -2.21. The van der Waals surface area contributed by atoms with Gasteiger partial charge >= 0.3 is 12.3 Å². The van der Waals surface area contributed by atoms with Crippen molar-refractivity contribution in [1.29, 1.82) is 0 Å². The Balaban J connectivity index is 3.43. The first-order valence-electron chi connectivity index (χ1n) is 4.41. The van der Waals surface area contributed by atoms with Crippen molar-refractivity contribution in [2.45, 2.75) is 13.0 Å². The molecule has 0 aliphatic carbocycles. The molecule has 1 aromatic heterocycles. The molecular weight excluding hydrogens is 262 g/mol. The summed E-state index contributed by atoms with van der Waals surface area (Å²) in [6.07, 6.45) is -4.36. The normalized spacial score (nSPS) is 11.2. The average molecular weight is 269 g/mol. The summed E-state index contributed by atoms with van der Waals surface area (Å²) in [5.74, 6) is -3.31. The van der Waals surface area contributed by atoms with Crippen molar-refractivity contribution in [2.24, 2.45) is 0 Å². The fourth-order valence-electron chi connectivity index (χ4n) is 1.19. The molecule has 18 heavy (non-hydrogen) atoms. The third-order valence-corrected chi connectivity index (χ3v) is 1.87. The van der Waals surface area contributed by atoms with Gasteiger partial charge in [-0.1, -0.05) is 0 Å². The Labute approximate surface area is 98.0 Å². The third kappa shape index (κ3) is 2.99. The van der Waals surface area contributed by atoms with Gasteiger partial charge in [-0.05, 0) is 0 Å². The quantitative estimate of drug-likeness (QED) is 0.848. The number of aromatic nitrogens is 1. The molecule has 0 aliphatic heterocycles. The number of pyridine rings is 1. The highest BCUT2D eigenvalue weighted by atomic mass is 19.4. The molecule has 0 bridgehead atoms. The summed E-state index contributed by atoms with van der Waals surface area (Å²) in [4.78, 5) is 13.9. The predicted octanol–water partition coefficient (Wildman–Crippen LogP) is 2.16. The van der Waals surface area contributed by atoms with E-state index in [-0.39, 0.29) is 5.75 Å². The fraction of sp³-hybridized carbons (Fsp3) is 0.333. The number of carboxylic acid groups (broad SMARTS) is 1. The van der Waals surface area contributed by atoms with Crippen molar-refractivity contribution in [1.82, 2.24) is 4.98 Å². The number of carboxylic acids is 1. The number of methoxy groups -OCH3 is 1. The average Bonchev–Trinajstić information content (AvgIpc) is 2.25. The van der Waals surface area contributed by atoms with Crippen LogP contribution in [0, 0.1) is 0 Å². The lowest BCUT2D eigenvalue weighted by atomic mass is 10.2. The predicted molar refractivity (Wildman–Crippen MR) is 49.2 cm³/mol. The van der Waals surface area contributed by atoms with E-state index in [2.05, 4.69) is 14.5 Å². The summed E-state index contributed by atoms with van der Waals surface area (Å²) in [6.45, 7) is -1.39. The van der Waals surface area contributed by atoms with E-state index in [1.165, 1.54) is 0 Å². The molecule has 100 valence electrons. The van der Waals surface area contributed by atoms with Crippen LogP contribution in [0.1, 0.15) is 16.1 Å². The molecule has 0 saturated heterocycles. The molecular formula is C9H7F4NO4. The number of ether oxygens (including phenoxy) is 2. The van der Waals surface area contributed by atoms with Crippen LogP contribution in [0.2, 0.25) is 0 Å². The van der Waals surface area contributed by atoms with E-state index >= 15 is 0 Å². The number of hydrogen-bond donors (Lipinski definition) is 1. The van der Waals surface area contributed by atoms with Crippen LogP contribution in [0.4, 0.5) is 17.6 Å². The number of aromatic carboxylic acids is 1. The smallest absolute Gasteiger partial charge is 0.495 e. The van der Waals surface area contributed by atoms with Crippen LogP contribution < -0.4 is 9.47 Å². The number of rotatable bonds is 4. The minimum absolute atomic E-state index is 0.332. The summed E-state index contributed by atoms with van der Waals surface area (Å²) in [5, 5.41) is 8.67. The molecule has 0 atom stereocenters. The molecule has 0 aromatic carbocycles. The Bertz CT molecular complexity index is 461. The molecule has 0 fully saturated rings. The van der Waals surface area contributed by atoms with Gasteiger partial charge in [0.05, 0.1) is 18.9 Å². The molecule has 0 radical (unpaired) electrons. The van der Waals surface area contributed by atoms with E-state index in [0.29, 0.717) is 0 Å². The molecule has 0 unspecified atom stereocenters. The Morgan fingerprint density at radius 3 is 2.50 bits per heavy atom. The van der Waals surface area contributed by atoms with Crippen molar-refractivity contribution >= 4 is 5.97 Å². The van der Waals surface area contributed by atoms with E-state index in [1.807, 2.05) is 0 Å². The van der Waals surface area contributed by atoms with Gasteiger partial charge < -0.3 is 14.6 Å². The highest BCUT2D eigenvalue weighted by Crippen LogP contribution is 2.35. The second-order valence-corrected chi connectivity index (χ2v) is 2.97. The highest BCUT2D eigenvalue weighted by molar-refractivity contribution is 5.89. The molecule has 1 heterocycles. The van der Waals surface area contributed by atoms with Gasteiger partial charge in [-0.15, -0.1) is 13.2 Å². The van der Waals surface area contributed by atoms with Crippen LogP contribution in [0.3, 0.4) is 0 Å². The maximum absolute atomic E-state index is 12.7. The lowest BCUT2D eigenvalue weighted by molar-refractivity contribution is -0.275. The molecule has 0 spiro atoms. The number of halogens is 4. The van der Waals surface area contributed by atoms with E-state index in [1.54, 1.807) is 0 Å². The number of nitrogens with zero attached hydrogens (tertiary/aromatic N) is 1. The first-order valence-corrected chi connectivity index (χ1v) is 4.41. The topological polar surface area (TPSA) is 68.7 Å². The Morgan fingerprint density at radius 2 is 2.11 bits per heavy atom. The Hall–Kier alpha value is -2.06. The van der Waals surface area contributed by atoms with Crippen LogP contribution in [-0.2, 0) is 6.67 Å². The van der Waals surface area contributed by atoms with Crippen LogP contribution in [-0.4, -0.2) is 29.5 Å². The van der Waals surface area contributed by atoms with Gasteiger partial charge in [-0.25, -0.2) is 14.2 Å². The van der Waals surface area contributed by atoms with Crippen LogP contribution >= 0.6 is 0 Å². The van der Waals surface area contributed by atoms with E-state index < -0.39 is 36.0 Å². The molecule has 1 aromatic rings. The van der Waals surface area contributed by atoms with Gasteiger partial charge in [0.1, 0.15) is 12.4 Å².